The van der Waals surface area contributed by atoms with Crippen LogP contribution in [0.2, 0.25) is 0 Å². The Morgan fingerprint density at radius 2 is 1.12 bits per heavy atom. The van der Waals surface area contributed by atoms with E-state index in [-0.39, 0.29) is 0 Å². The quantitative estimate of drug-likeness (QED) is 0.0701. The van der Waals surface area contributed by atoms with Gasteiger partial charge in [0, 0.05) is 25.0 Å². The molecule has 1 aliphatic rings. The van der Waals surface area contributed by atoms with Crippen molar-refractivity contribution in [2.24, 2.45) is 0 Å². The van der Waals surface area contributed by atoms with Crippen LogP contribution in [-0.2, 0) is 32.9 Å². The molecule has 10 heteroatoms. The fourth-order valence-corrected chi connectivity index (χ4v) is 10.1. The molecule has 1 aliphatic carbocycles. The van der Waals surface area contributed by atoms with E-state index in [0.29, 0.717) is 34.8 Å². The first-order valence-electron chi connectivity index (χ1n) is 21.1. The number of hydrogen-bond acceptors (Lipinski definition) is 6. The van der Waals surface area contributed by atoms with Gasteiger partial charge < -0.3 is 10.1 Å². The number of methoxy groups -OCH3 is 1. The van der Waals surface area contributed by atoms with Crippen LogP contribution in [0.5, 0.6) is 5.75 Å². The topological polar surface area (TPSA) is 114 Å². The highest BCUT2D eigenvalue weighted by molar-refractivity contribution is 7.89. The van der Waals surface area contributed by atoms with E-state index in [1.807, 2.05) is 60.7 Å². The number of unbranched alkanes of at least 4 members (excludes halogenated alkanes) is 5. The highest BCUT2D eigenvalue weighted by atomic mass is 32.2. The number of nitrogens with one attached hydrogen (secondary N) is 3. The SMILES string of the molecule is CCCCCCNS(=O)(=O)c1ccc2ccccc2c1.COc1ccc2c(c1)CCC(NCCCCCNS(=O)(=O)c1ccc3ccccc3c1)C2Cc1ccccc1. The first-order chi connectivity index (χ1) is 28.7. The summed E-state index contributed by atoms with van der Waals surface area (Å²) in [7, 11) is -5.17. The molecule has 0 bridgehead atoms. The van der Waals surface area contributed by atoms with Crippen molar-refractivity contribution >= 4 is 41.6 Å². The number of benzene rings is 6. The summed E-state index contributed by atoms with van der Waals surface area (Å²) >= 11 is 0. The van der Waals surface area contributed by atoms with Crippen LogP contribution < -0.4 is 19.5 Å². The summed E-state index contributed by atoms with van der Waals surface area (Å²) in [5.41, 5.74) is 4.18. The average Bonchev–Trinajstić information content (AvgIpc) is 3.26. The van der Waals surface area contributed by atoms with Gasteiger partial charge in [-0.25, -0.2) is 26.3 Å². The van der Waals surface area contributed by atoms with Crippen LogP contribution in [-0.4, -0.2) is 49.6 Å². The molecule has 6 aromatic carbocycles. The van der Waals surface area contributed by atoms with Crippen molar-refractivity contribution < 1.29 is 21.6 Å². The van der Waals surface area contributed by atoms with Crippen molar-refractivity contribution in [3.63, 3.8) is 0 Å². The highest BCUT2D eigenvalue weighted by Crippen LogP contribution is 2.36. The Kier molecular flexibility index (Phi) is 16.1. The molecule has 2 unspecified atom stereocenters. The van der Waals surface area contributed by atoms with Crippen LogP contribution in [0, 0.1) is 0 Å². The molecular formula is C49H59N3O5S2. The third-order valence-electron chi connectivity index (χ3n) is 11.2. The van der Waals surface area contributed by atoms with E-state index in [9.17, 15) is 16.8 Å². The van der Waals surface area contributed by atoms with E-state index in [0.717, 1.165) is 98.0 Å². The molecule has 2 atom stereocenters. The van der Waals surface area contributed by atoms with Crippen LogP contribution in [0.15, 0.2) is 143 Å². The zero-order valence-electron chi connectivity index (χ0n) is 34.4. The Balaban J connectivity index is 0.000000246. The van der Waals surface area contributed by atoms with Gasteiger partial charge in [-0.15, -0.1) is 0 Å². The Hall–Kier alpha value is -4.58. The minimum atomic E-state index is -3.51. The summed E-state index contributed by atoms with van der Waals surface area (Å²) in [6.45, 7) is 4.03. The lowest BCUT2D eigenvalue weighted by Gasteiger charge is -2.35. The summed E-state index contributed by atoms with van der Waals surface area (Å²) < 4.78 is 60.9. The number of ether oxygens (including phenoxy) is 1. The Morgan fingerprint density at radius 1 is 0.576 bits per heavy atom. The molecule has 0 fully saturated rings. The third-order valence-corrected chi connectivity index (χ3v) is 14.1. The van der Waals surface area contributed by atoms with Crippen molar-refractivity contribution in [1.29, 1.82) is 0 Å². The van der Waals surface area contributed by atoms with Crippen molar-refractivity contribution in [3.8, 4) is 5.75 Å². The van der Waals surface area contributed by atoms with Crippen LogP contribution >= 0.6 is 0 Å². The molecule has 0 saturated carbocycles. The van der Waals surface area contributed by atoms with E-state index >= 15 is 0 Å². The number of hydrogen-bond donors (Lipinski definition) is 3. The predicted molar refractivity (Wildman–Crippen MR) is 242 cm³/mol. The van der Waals surface area contributed by atoms with Crippen molar-refractivity contribution in [2.75, 3.05) is 26.7 Å². The smallest absolute Gasteiger partial charge is 0.240 e. The standard InChI is InChI=1S/C33H38N2O3S.C16H21NO2S/c1-38-29-16-18-31-28(23-29)15-19-33(32(31)22-25-10-4-2-5-11-25)34-20-8-3-9-21-35-39(36,37)30-17-14-26-12-6-7-13-27(26)24-30;1-2-3-4-7-12-17-20(18,19)16-11-10-14-8-5-6-9-15(14)13-16/h2,4-7,10-14,16-18,23-24,32-35H,3,8-9,15,19-22H2,1H3;5-6,8-11,13,17H,2-4,7,12H2,1H3. The monoisotopic (exact) mass is 833 g/mol. The van der Waals surface area contributed by atoms with Gasteiger partial charge in [0.25, 0.3) is 0 Å². The number of sulfonamides is 2. The van der Waals surface area contributed by atoms with Crippen molar-refractivity contribution in [3.05, 3.63) is 150 Å². The van der Waals surface area contributed by atoms with Crippen LogP contribution in [0.1, 0.15) is 80.9 Å². The second kappa shape index (κ2) is 21.6. The lowest BCUT2D eigenvalue weighted by atomic mass is 9.76. The normalized spacial score (nSPS) is 15.4. The molecule has 0 saturated heterocycles. The molecular weight excluding hydrogens is 775 g/mol. The first-order valence-corrected chi connectivity index (χ1v) is 24.0. The lowest BCUT2D eigenvalue weighted by molar-refractivity contribution is 0.376. The van der Waals surface area contributed by atoms with Crippen LogP contribution in [0.25, 0.3) is 21.5 Å². The van der Waals surface area contributed by atoms with Gasteiger partial charge in [0.05, 0.1) is 16.9 Å². The minimum Gasteiger partial charge on any atom is -0.497 e. The molecule has 3 N–H and O–H groups in total. The average molecular weight is 834 g/mol. The summed E-state index contributed by atoms with van der Waals surface area (Å²) in [5, 5.41) is 7.81. The van der Waals surface area contributed by atoms with E-state index in [2.05, 4.69) is 70.2 Å². The number of aryl methyl sites for hydroxylation is 1. The van der Waals surface area contributed by atoms with E-state index in [1.54, 1.807) is 31.4 Å². The van der Waals surface area contributed by atoms with Gasteiger partial charge in [-0.2, -0.15) is 0 Å². The first kappa shape index (κ1) is 44.0. The van der Waals surface area contributed by atoms with Gasteiger partial charge in [0.15, 0.2) is 0 Å². The maximum Gasteiger partial charge on any atom is 0.240 e. The molecule has 0 heterocycles. The molecule has 0 aromatic heterocycles. The molecule has 6 aromatic rings. The van der Waals surface area contributed by atoms with Gasteiger partial charge in [-0.1, -0.05) is 130 Å². The maximum atomic E-state index is 12.8. The second-order valence-electron chi connectivity index (χ2n) is 15.4. The Bertz CT molecular complexity index is 2480. The van der Waals surface area contributed by atoms with Crippen molar-refractivity contribution in [1.82, 2.24) is 14.8 Å². The van der Waals surface area contributed by atoms with Gasteiger partial charge in [0.2, 0.25) is 20.0 Å². The highest BCUT2D eigenvalue weighted by Gasteiger charge is 2.29. The molecule has 0 amide bonds. The lowest BCUT2D eigenvalue weighted by Crippen LogP contribution is -2.40. The fraction of sp³-hybridized carbons (Fsp3) is 0.347. The molecule has 8 nitrogen and oxygen atoms in total. The van der Waals surface area contributed by atoms with Gasteiger partial charge >= 0.3 is 0 Å². The predicted octanol–water partition coefficient (Wildman–Crippen LogP) is 9.93. The molecule has 0 aliphatic heterocycles. The van der Waals surface area contributed by atoms with Crippen LogP contribution in [0.3, 0.4) is 0 Å². The largest absolute Gasteiger partial charge is 0.497 e. The van der Waals surface area contributed by atoms with Gasteiger partial charge in [-0.05, 0) is 120 Å². The molecule has 312 valence electrons. The van der Waals surface area contributed by atoms with Gasteiger partial charge in [-0.3, -0.25) is 0 Å². The van der Waals surface area contributed by atoms with Gasteiger partial charge in [0.1, 0.15) is 5.75 Å². The zero-order valence-corrected chi connectivity index (χ0v) is 36.0. The van der Waals surface area contributed by atoms with E-state index < -0.39 is 20.0 Å². The van der Waals surface area contributed by atoms with Crippen molar-refractivity contribution in [2.45, 2.75) is 92.9 Å². The molecule has 7 rings (SSSR count). The Morgan fingerprint density at radius 3 is 1.69 bits per heavy atom. The summed E-state index contributed by atoms with van der Waals surface area (Å²) in [5.74, 6) is 1.34. The second-order valence-corrected chi connectivity index (χ2v) is 18.9. The van der Waals surface area contributed by atoms with E-state index in [1.165, 1.54) is 16.7 Å². The summed E-state index contributed by atoms with van der Waals surface area (Å²) in [4.78, 5) is 0.661. The van der Waals surface area contributed by atoms with E-state index in [4.69, 9.17) is 4.74 Å². The summed E-state index contributed by atoms with van der Waals surface area (Å²) in [6, 6.07) is 43.8. The molecule has 0 spiro atoms. The third kappa shape index (κ3) is 12.5. The maximum absolute atomic E-state index is 12.8. The zero-order chi connectivity index (χ0) is 41.5. The fourth-order valence-electron chi connectivity index (χ4n) is 7.90. The number of rotatable bonds is 19. The Labute approximate surface area is 351 Å². The number of fused-ring (bicyclic) bond motifs is 3. The molecule has 59 heavy (non-hydrogen) atoms. The summed E-state index contributed by atoms with van der Waals surface area (Å²) in [6.07, 6.45) is 10.2. The minimum absolute atomic E-state index is 0.322. The molecule has 0 radical (unpaired) electrons. The van der Waals surface area contributed by atoms with Crippen LogP contribution in [0.4, 0.5) is 0 Å².